The van der Waals surface area contributed by atoms with Gasteiger partial charge in [0.05, 0.1) is 10.4 Å². The van der Waals surface area contributed by atoms with Crippen LogP contribution in [0.5, 0.6) is 0 Å². The van der Waals surface area contributed by atoms with E-state index in [-0.39, 0.29) is 5.56 Å². The van der Waals surface area contributed by atoms with Gasteiger partial charge in [0.25, 0.3) is 0 Å². The van der Waals surface area contributed by atoms with Gasteiger partial charge in [0.1, 0.15) is 0 Å². The first kappa shape index (κ1) is 16.6. The normalized spacial score (nSPS) is 14.7. The van der Waals surface area contributed by atoms with Crippen molar-refractivity contribution in [2.24, 2.45) is 0 Å². The minimum absolute atomic E-state index is 0.266. The monoisotopic (exact) mass is 354 g/mol. The van der Waals surface area contributed by atoms with Crippen LogP contribution in [0.2, 0.25) is 0 Å². The summed E-state index contributed by atoms with van der Waals surface area (Å²) >= 11 is 2.95. The number of carboxylic acids is 1. The summed E-state index contributed by atoms with van der Waals surface area (Å²) in [7, 11) is 0. The zero-order valence-electron chi connectivity index (χ0n) is 10.1. The summed E-state index contributed by atoms with van der Waals surface area (Å²) in [6.07, 6.45) is -6.91. The second kappa shape index (κ2) is 5.92. The van der Waals surface area contributed by atoms with Crippen LogP contribution in [0.15, 0.2) is 18.2 Å². The van der Waals surface area contributed by atoms with Crippen molar-refractivity contribution < 1.29 is 33.0 Å². The molecule has 0 amide bonds. The average Bonchev–Trinajstić information content (AvgIpc) is 2.34. The molecule has 20 heavy (non-hydrogen) atoms. The van der Waals surface area contributed by atoms with Gasteiger partial charge in [-0.05, 0) is 19.1 Å². The van der Waals surface area contributed by atoms with Gasteiger partial charge in [-0.3, -0.25) is 4.79 Å². The molecule has 1 aromatic carbocycles. The third-order valence-electron chi connectivity index (χ3n) is 2.53. The van der Waals surface area contributed by atoms with E-state index in [0.717, 1.165) is 6.07 Å². The second-order valence-corrected chi connectivity index (χ2v) is 5.39. The van der Waals surface area contributed by atoms with E-state index in [1.807, 2.05) is 0 Å². The van der Waals surface area contributed by atoms with Crippen LogP contribution in [-0.2, 0) is 11.0 Å². The number of ketones is 1. The zero-order chi connectivity index (χ0) is 15.7. The summed E-state index contributed by atoms with van der Waals surface area (Å²) in [4.78, 5) is 21.8. The second-order valence-electron chi connectivity index (χ2n) is 4.02. The molecule has 0 aromatic heterocycles. The van der Waals surface area contributed by atoms with Crippen LogP contribution >= 0.6 is 15.9 Å². The van der Waals surface area contributed by atoms with Gasteiger partial charge < -0.3 is 10.2 Å². The minimum atomic E-state index is -4.70. The number of carboxylic acid groups (broad SMARTS) is 1. The van der Waals surface area contributed by atoms with Crippen LogP contribution in [0, 0.1) is 0 Å². The van der Waals surface area contributed by atoms with Crippen LogP contribution in [0.25, 0.3) is 0 Å². The topological polar surface area (TPSA) is 74.6 Å². The standard InChI is InChI=1S/C12H10BrF3O4/c1-5(13)9(17)7-3-2-6(12(14,15)16)4-8(7)10(18)11(19)20/h2-5,10,18H,1H3,(H,19,20). The van der Waals surface area contributed by atoms with Crippen molar-refractivity contribution in [1.82, 2.24) is 0 Å². The van der Waals surface area contributed by atoms with Crippen molar-refractivity contribution in [3.63, 3.8) is 0 Å². The van der Waals surface area contributed by atoms with E-state index in [2.05, 4.69) is 15.9 Å². The average molecular weight is 355 g/mol. The molecule has 0 saturated carbocycles. The van der Waals surface area contributed by atoms with E-state index >= 15 is 0 Å². The number of hydrogen-bond donors (Lipinski definition) is 2. The lowest BCUT2D eigenvalue weighted by Crippen LogP contribution is -2.20. The minimum Gasteiger partial charge on any atom is -0.479 e. The maximum atomic E-state index is 12.6. The molecule has 0 aliphatic heterocycles. The third kappa shape index (κ3) is 3.57. The van der Waals surface area contributed by atoms with E-state index in [4.69, 9.17) is 5.11 Å². The van der Waals surface area contributed by atoms with Crippen LogP contribution in [0.3, 0.4) is 0 Å². The Morgan fingerprint density at radius 2 is 1.85 bits per heavy atom. The Hall–Kier alpha value is -1.41. The Bertz CT molecular complexity index is 540. The number of alkyl halides is 4. The number of carbonyl (C=O) groups excluding carboxylic acids is 1. The first-order chi connectivity index (χ1) is 9.05. The van der Waals surface area contributed by atoms with Gasteiger partial charge in [0, 0.05) is 11.1 Å². The molecular formula is C12H10BrF3O4. The van der Waals surface area contributed by atoms with Gasteiger partial charge in [0.15, 0.2) is 11.9 Å². The Balaban J connectivity index is 3.46. The molecule has 2 atom stereocenters. The van der Waals surface area contributed by atoms with Gasteiger partial charge in [-0.25, -0.2) is 4.79 Å². The number of aliphatic hydroxyl groups is 1. The lowest BCUT2D eigenvalue weighted by Gasteiger charge is -2.15. The van der Waals surface area contributed by atoms with E-state index in [9.17, 15) is 27.9 Å². The lowest BCUT2D eigenvalue weighted by atomic mass is 9.95. The van der Waals surface area contributed by atoms with Gasteiger partial charge in [0.2, 0.25) is 0 Å². The summed E-state index contributed by atoms with van der Waals surface area (Å²) < 4.78 is 37.8. The number of aliphatic hydroxyl groups excluding tert-OH is 1. The molecule has 4 nitrogen and oxygen atoms in total. The summed E-state index contributed by atoms with van der Waals surface area (Å²) in [5.74, 6) is -2.35. The molecule has 0 saturated heterocycles. The van der Waals surface area contributed by atoms with Crippen LogP contribution in [0.4, 0.5) is 13.2 Å². The molecule has 2 unspecified atom stereocenters. The first-order valence-electron chi connectivity index (χ1n) is 5.36. The Morgan fingerprint density at radius 1 is 1.30 bits per heavy atom. The number of rotatable bonds is 4. The predicted octanol–water partition coefficient (Wildman–Crippen LogP) is 2.79. The van der Waals surface area contributed by atoms with Gasteiger partial charge in [-0.15, -0.1) is 0 Å². The van der Waals surface area contributed by atoms with Crippen molar-refractivity contribution in [2.75, 3.05) is 0 Å². The van der Waals surface area contributed by atoms with Crippen molar-refractivity contribution in [3.05, 3.63) is 34.9 Å². The number of Topliss-reactive ketones (excluding diaryl/α,β-unsaturated/α-hetero) is 1. The SMILES string of the molecule is CC(Br)C(=O)c1ccc(C(F)(F)F)cc1C(O)C(=O)O. The summed E-state index contributed by atoms with van der Waals surface area (Å²) in [6, 6.07) is 2.01. The Morgan fingerprint density at radius 3 is 2.25 bits per heavy atom. The Labute approximate surface area is 120 Å². The molecule has 8 heteroatoms. The smallest absolute Gasteiger partial charge is 0.416 e. The van der Waals surface area contributed by atoms with Crippen LogP contribution < -0.4 is 0 Å². The molecule has 110 valence electrons. The highest BCUT2D eigenvalue weighted by Crippen LogP contribution is 2.33. The fourth-order valence-electron chi connectivity index (χ4n) is 1.54. The lowest BCUT2D eigenvalue weighted by molar-refractivity contribution is -0.147. The van der Waals surface area contributed by atoms with Crippen molar-refractivity contribution in [1.29, 1.82) is 0 Å². The molecular weight excluding hydrogens is 345 g/mol. The van der Waals surface area contributed by atoms with Crippen molar-refractivity contribution in [3.8, 4) is 0 Å². The molecule has 0 bridgehead atoms. The van der Waals surface area contributed by atoms with E-state index in [0.29, 0.717) is 12.1 Å². The largest absolute Gasteiger partial charge is 0.479 e. The number of carbonyl (C=O) groups is 2. The molecule has 2 N–H and O–H groups in total. The Kier molecular flexibility index (Phi) is 4.93. The molecule has 0 radical (unpaired) electrons. The van der Waals surface area contributed by atoms with E-state index in [1.54, 1.807) is 0 Å². The first-order valence-corrected chi connectivity index (χ1v) is 6.27. The molecule has 1 aromatic rings. The quantitative estimate of drug-likeness (QED) is 0.644. The molecule has 1 rings (SSSR count). The summed E-state index contributed by atoms with van der Waals surface area (Å²) in [5.41, 5.74) is -1.98. The van der Waals surface area contributed by atoms with Crippen LogP contribution in [-0.4, -0.2) is 26.8 Å². The van der Waals surface area contributed by atoms with Crippen LogP contribution in [0.1, 0.15) is 34.5 Å². The fraction of sp³-hybridized carbons (Fsp3) is 0.333. The highest BCUT2D eigenvalue weighted by Gasteiger charge is 2.33. The molecule has 0 aliphatic rings. The van der Waals surface area contributed by atoms with Gasteiger partial charge in [-0.1, -0.05) is 22.0 Å². The maximum absolute atomic E-state index is 12.6. The fourth-order valence-corrected chi connectivity index (χ4v) is 1.78. The molecule has 0 spiro atoms. The number of aliphatic carboxylic acids is 1. The molecule has 0 heterocycles. The van der Waals surface area contributed by atoms with Crippen molar-refractivity contribution in [2.45, 2.75) is 24.0 Å². The van der Waals surface area contributed by atoms with E-state index < -0.39 is 40.0 Å². The predicted molar refractivity (Wildman–Crippen MR) is 66.8 cm³/mol. The van der Waals surface area contributed by atoms with E-state index in [1.165, 1.54) is 6.92 Å². The van der Waals surface area contributed by atoms with Crippen molar-refractivity contribution >= 4 is 27.7 Å². The zero-order valence-corrected chi connectivity index (χ0v) is 11.7. The number of hydrogen-bond acceptors (Lipinski definition) is 3. The van der Waals surface area contributed by atoms with Gasteiger partial charge in [-0.2, -0.15) is 13.2 Å². The highest BCUT2D eigenvalue weighted by atomic mass is 79.9. The number of benzene rings is 1. The summed E-state index contributed by atoms with van der Waals surface area (Å²) in [5, 5.41) is 18.2. The number of halogens is 4. The van der Waals surface area contributed by atoms with Gasteiger partial charge >= 0.3 is 12.1 Å². The highest BCUT2D eigenvalue weighted by molar-refractivity contribution is 9.10. The molecule has 0 fully saturated rings. The maximum Gasteiger partial charge on any atom is 0.416 e. The third-order valence-corrected chi connectivity index (χ3v) is 2.95. The summed E-state index contributed by atoms with van der Waals surface area (Å²) in [6.45, 7) is 1.44. The molecule has 0 aliphatic carbocycles.